The Hall–Kier alpha value is -8.64. The van der Waals surface area contributed by atoms with E-state index in [-0.39, 0.29) is 5.41 Å². The predicted octanol–water partition coefficient (Wildman–Crippen LogP) is 17.5. The molecule has 0 unspecified atom stereocenters. The maximum absolute atomic E-state index is 5.72. The van der Waals surface area contributed by atoms with Crippen molar-refractivity contribution in [3.05, 3.63) is 230 Å². The molecule has 10 aromatic carbocycles. The van der Waals surface area contributed by atoms with Crippen molar-refractivity contribution < 1.29 is 0 Å². The first-order valence-corrected chi connectivity index (χ1v) is 24.9. The first-order chi connectivity index (χ1) is 34.5. The van der Waals surface area contributed by atoms with Gasteiger partial charge in [0.15, 0.2) is 0 Å². The number of aromatic nitrogens is 4. The minimum absolute atomic E-state index is 0.154. The lowest BCUT2D eigenvalue weighted by molar-refractivity contribution is 0.660. The average Bonchev–Trinajstić information content (AvgIpc) is 4.16. The van der Waals surface area contributed by atoms with Gasteiger partial charge in [-0.1, -0.05) is 190 Å². The SMILES string of the molecule is CC1(C)c2ccccc2-c2ccc(-c3nc(-n4c5ccc(-c6cccc7c8c9ccccc9ccc8n(-c8ccccc8)c67)cc5c5ccc6ccccc6c54)nc4cc(-c5ccccc5)sc34)cc21. The lowest BCUT2D eigenvalue weighted by atomic mass is 9.82. The van der Waals surface area contributed by atoms with E-state index in [4.69, 9.17) is 9.97 Å². The number of rotatable bonds is 5. The van der Waals surface area contributed by atoms with Gasteiger partial charge in [0.2, 0.25) is 5.95 Å². The Labute approximate surface area is 408 Å². The molecule has 0 amide bonds. The molecule has 0 aliphatic heterocycles. The zero-order valence-corrected chi connectivity index (χ0v) is 39.3. The molecule has 0 atom stereocenters. The number of benzene rings is 10. The molecule has 328 valence electrons. The van der Waals surface area contributed by atoms with Crippen molar-refractivity contribution in [2.75, 3.05) is 0 Å². The molecule has 0 N–H and O–H groups in total. The van der Waals surface area contributed by atoms with Gasteiger partial charge in [-0.3, -0.25) is 4.57 Å². The molecule has 14 aromatic rings. The molecule has 0 fully saturated rings. The second-order valence-electron chi connectivity index (χ2n) is 19.3. The van der Waals surface area contributed by atoms with Crippen molar-refractivity contribution in [1.82, 2.24) is 19.1 Å². The van der Waals surface area contributed by atoms with Gasteiger partial charge in [0.25, 0.3) is 0 Å². The van der Waals surface area contributed by atoms with Crippen molar-refractivity contribution in [2.24, 2.45) is 0 Å². The molecule has 5 heteroatoms. The fourth-order valence-electron chi connectivity index (χ4n) is 11.9. The summed E-state index contributed by atoms with van der Waals surface area (Å²) in [4.78, 5) is 12.5. The topological polar surface area (TPSA) is 35.6 Å². The Morgan fingerprint density at radius 2 is 1.09 bits per heavy atom. The van der Waals surface area contributed by atoms with Crippen LogP contribution in [0.1, 0.15) is 25.0 Å². The fourth-order valence-corrected chi connectivity index (χ4v) is 13.0. The minimum atomic E-state index is -0.154. The number of fused-ring (bicyclic) bond motifs is 14. The van der Waals surface area contributed by atoms with Gasteiger partial charge in [-0.25, -0.2) is 9.97 Å². The minimum Gasteiger partial charge on any atom is -0.309 e. The summed E-state index contributed by atoms with van der Waals surface area (Å²) in [5.41, 5.74) is 17.3. The largest absolute Gasteiger partial charge is 0.309 e. The van der Waals surface area contributed by atoms with Gasteiger partial charge in [-0.05, 0) is 92.0 Å². The van der Waals surface area contributed by atoms with Crippen molar-refractivity contribution >= 4 is 86.7 Å². The third-order valence-corrected chi connectivity index (χ3v) is 16.3. The van der Waals surface area contributed by atoms with Crippen LogP contribution in [0.2, 0.25) is 0 Å². The number of nitrogens with zero attached hydrogens (tertiary/aromatic N) is 4. The Kier molecular flexibility index (Phi) is 8.26. The maximum atomic E-state index is 5.72. The van der Waals surface area contributed by atoms with Crippen LogP contribution >= 0.6 is 11.3 Å². The maximum Gasteiger partial charge on any atom is 0.235 e. The average molecular weight is 911 g/mol. The van der Waals surface area contributed by atoms with Crippen LogP contribution in [-0.2, 0) is 5.41 Å². The lowest BCUT2D eigenvalue weighted by Gasteiger charge is -2.22. The zero-order valence-electron chi connectivity index (χ0n) is 38.5. The van der Waals surface area contributed by atoms with Crippen LogP contribution in [0.4, 0.5) is 0 Å². The number of thiophene rings is 1. The van der Waals surface area contributed by atoms with E-state index in [1.807, 2.05) is 0 Å². The highest BCUT2D eigenvalue weighted by Crippen LogP contribution is 2.51. The summed E-state index contributed by atoms with van der Waals surface area (Å²) < 4.78 is 5.88. The monoisotopic (exact) mass is 910 g/mol. The van der Waals surface area contributed by atoms with Crippen LogP contribution in [0.15, 0.2) is 218 Å². The van der Waals surface area contributed by atoms with Crippen molar-refractivity contribution in [2.45, 2.75) is 19.3 Å². The third-order valence-electron chi connectivity index (χ3n) is 15.1. The quantitative estimate of drug-likeness (QED) is 0.172. The van der Waals surface area contributed by atoms with E-state index in [2.05, 4.69) is 241 Å². The lowest BCUT2D eigenvalue weighted by Crippen LogP contribution is -2.15. The molecular formula is C65H42N4S. The number of hydrogen-bond donors (Lipinski definition) is 0. The van der Waals surface area contributed by atoms with E-state index in [1.165, 1.54) is 76.2 Å². The van der Waals surface area contributed by atoms with Gasteiger partial charge in [0.1, 0.15) is 0 Å². The molecular weight excluding hydrogens is 869 g/mol. The molecule has 70 heavy (non-hydrogen) atoms. The molecule has 1 aliphatic rings. The highest BCUT2D eigenvalue weighted by atomic mass is 32.1. The van der Waals surface area contributed by atoms with Crippen LogP contribution in [0.5, 0.6) is 0 Å². The zero-order chi connectivity index (χ0) is 46.2. The molecule has 0 radical (unpaired) electrons. The van der Waals surface area contributed by atoms with Crippen molar-refractivity contribution in [3.63, 3.8) is 0 Å². The van der Waals surface area contributed by atoms with Crippen LogP contribution in [0.3, 0.4) is 0 Å². The van der Waals surface area contributed by atoms with E-state index < -0.39 is 0 Å². The summed E-state index contributed by atoms with van der Waals surface area (Å²) in [5.74, 6) is 0.658. The molecule has 0 spiro atoms. The van der Waals surface area contributed by atoms with Crippen LogP contribution < -0.4 is 0 Å². The Balaban J connectivity index is 1.00. The molecule has 0 saturated carbocycles. The van der Waals surface area contributed by atoms with E-state index in [1.54, 1.807) is 11.3 Å². The first-order valence-electron chi connectivity index (χ1n) is 24.1. The highest BCUT2D eigenvalue weighted by Gasteiger charge is 2.35. The van der Waals surface area contributed by atoms with Gasteiger partial charge >= 0.3 is 0 Å². The van der Waals surface area contributed by atoms with Crippen LogP contribution in [0, 0.1) is 0 Å². The summed E-state index contributed by atoms with van der Waals surface area (Å²) in [6.45, 7) is 4.70. The molecule has 0 saturated heterocycles. The summed E-state index contributed by atoms with van der Waals surface area (Å²) >= 11 is 1.77. The second kappa shape index (κ2) is 14.7. The predicted molar refractivity (Wildman–Crippen MR) is 295 cm³/mol. The van der Waals surface area contributed by atoms with Gasteiger partial charge < -0.3 is 4.57 Å². The van der Waals surface area contributed by atoms with E-state index >= 15 is 0 Å². The second-order valence-corrected chi connectivity index (χ2v) is 20.4. The Bertz CT molecular complexity index is 4500. The summed E-state index contributed by atoms with van der Waals surface area (Å²) in [5, 5.41) is 9.65. The van der Waals surface area contributed by atoms with Crippen LogP contribution in [0.25, 0.3) is 131 Å². The van der Waals surface area contributed by atoms with E-state index in [0.717, 1.165) is 59.9 Å². The molecule has 4 nitrogen and oxygen atoms in total. The summed E-state index contributed by atoms with van der Waals surface area (Å²) in [7, 11) is 0. The summed E-state index contributed by atoms with van der Waals surface area (Å²) in [6, 6.07) is 80.0. The van der Waals surface area contributed by atoms with Gasteiger partial charge in [0, 0.05) is 54.0 Å². The van der Waals surface area contributed by atoms with Gasteiger partial charge in [0.05, 0.1) is 38.0 Å². The molecule has 4 aromatic heterocycles. The van der Waals surface area contributed by atoms with E-state index in [9.17, 15) is 0 Å². The Morgan fingerprint density at radius 1 is 0.414 bits per heavy atom. The Morgan fingerprint density at radius 3 is 1.94 bits per heavy atom. The smallest absolute Gasteiger partial charge is 0.235 e. The summed E-state index contributed by atoms with van der Waals surface area (Å²) in [6.07, 6.45) is 0. The third kappa shape index (κ3) is 5.58. The fraction of sp³-hybridized carbons (Fsp3) is 0.0462. The molecule has 4 heterocycles. The van der Waals surface area contributed by atoms with Crippen molar-refractivity contribution in [1.29, 1.82) is 0 Å². The van der Waals surface area contributed by atoms with Crippen LogP contribution in [-0.4, -0.2) is 19.1 Å². The molecule has 15 rings (SSSR count). The first kappa shape index (κ1) is 39.4. The molecule has 0 bridgehead atoms. The van der Waals surface area contributed by atoms with E-state index in [0.29, 0.717) is 5.95 Å². The molecule has 1 aliphatic carbocycles. The number of para-hydroxylation sites is 2. The van der Waals surface area contributed by atoms with Crippen molar-refractivity contribution in [3.8, 4) is 55.6 Å². The number of hydrogen-bond acceptors (Lipinski definition) is 3. The normalized spacial score (nSPS) is 13.1. The standard InChI is InChI=1S/C65H42N4S/c1-65(2)53-27-14-13-24-48(53)49-32-29-43(37-54(49)65)60-63-55(38-58(70-63)41-18-5-3-6-19-41)66-64(67-60)69-56-34-31-42(36-52(56)50-33-28-40-17-10-12-23-46(40)61(50)69)47-25-15-26-51-59-45-22-11-9-16-39(45)30-35-57(59)68(62(47)51)44-20-7-4-8-21-44/h3-38H,1-2H3. The van der Waals surface area contributed by atoms with Gasteiger partial charge in [-0.2, -0.15) is 0 Å². The highest BCUT2D eigenvalue weighted by molar-refractivity contribution is 7.22. The van der Waals surface area contributed by atoms with Gasteiger partial charge in [-0.15, -0.1) is 11.3 Å².